The van der Waals surface area contributed by atoms with Gasteiger partial charge in [-0.2, -0.15) is 0 Å². The highest BCUT2D eigenvalue weighted by Gasteiger charge is 2.28. The Labute approximate surface area is 114 Å². The fourth-order valence-electron chi connectivity index (χ4n) is 2.74. The van der Waals surface area contributed by atoms with Crippen LogP contribution in [0, 0.1) is 11.3 Å². The van der Waals surface area contributed by atoms with E-state index >= 15 is 0 Å². The molecule has 3 heteroatoms. The molecule has 0 aromatic rings. The molecular formula is C15H33N3. The van der Waals surface area contributed by atoms with Crippen LogP contribution in [-0.2, 0) is 0 Å². The molecule has 108 valence electrons. The highest BCUT2D eigenvalue weighted by atomic mass is 15.2. The minimum Gasteiger partial charge on any atom is -0.316 e. The maximum Gasteiger partial charge on any atom is 0.0229 e. The second kappa shape index (κ2) is 6.88. The normalized spacial score (nSPS) is 22.3. The van der Waals surface area contributed by atoms with Crippen LogP contribution >= 0.6 is 0 Å². The van der Waals surface area contributed by atoms with Crippen LogP contribution in [0.2, 0.25) is 0 Å². The van der Waals surface area contributed by atoms with Crippen molar-refractivity contribution in [3.63, 3.8) is 0 Å². The molecule has 0 aromatic carbocycles. The molecule has 0 spiro atoms. The second-order valence-electron chi connectivity index (χ2n) is 7.33. The molecule has 3 nitrogen and oxygen atoms in total. The Morgan fingerprint density at radius 2 is 2.00 bits per heavy atom. The highest BCUT2D eigenvalue weighted by Crippen LogP contribution is 2.21. The summed E-state index contributed by atoms with van der Waals surface area (Å²) < 4.78 is 0. The molecule has 0 aromatic heterocycles. The number of hydrogen-bond acceptors (Lipinski definition) is 3. The number of rotatable bonds is 7. The van der Waals surface area contributed by atoms with Gasteiger partial charge in [0.1, 0.15) is 0 Å². The van der Waals surface area contributed by atoms with E-state index in [4.69, 9.17) is 0 Å². The molecule has 1 heterocycles. The lowest BCUT2D eigenvalue weighted by Crippen LogP contribution is -2.41. The van der Waals surface area contributed by atoms with Crippen molar-refractivity contribution in [2.75, 3.05) is 46.8 Å². The molecule has 18 heavy (non-hydrogen) atoms. The van der Waals surface area contributed by atoms with Gasteiger partial charge in [-0.15, -0.1) is 0 Å². The van der Waals surface area contributed by atoms with Gasteiger partial charge in [-0.25, -0.2) is 0 Å². The predicted octanol–water partition coefficient (Wildman–Crippen LogP) is 1.89. The number of likely N-dealkylation sites (N-methyl/N-ethyl adjacent to an activating group) is 1. The van der Waals surface area contributed by atoms with Crippen LogP contribution in [0.1, 0.15) is 34.1 Å². The van der Waals surface area contributed by atoms with Crippen LogP contribution in [0.15, 0.2) is 0 Å². The van der Waals surface area contributed by atoms with E-state index in [0.717, 1.165) is 25.0 Å². The van der Waals surface area contributed by atoms with Crippen molar-refractivity contribution >= 4 is 0 Å². The molecular weight excluding hydrogens is 222 g/mol. The third-order valence-corrected chi connectivity index (χ3v) is 3.79. The molecule has 0 radical (unpaired) electrons. The van der Waals surface area contributed by atoms with Gasteiger partial charge in [0, 0.05) is 25.7 Å². The smallest absolute Gasteiger partial charge is 0.0229 e. The standard InChI is InChI=1S/C15H33N3/c1-13(2)9-16-11-15(3,4)12-18-8-7-14(10-18)17(5)6/h13-14,16H,7-12H2,1-6H3. The van der Waals surface area contributed by atoms with E-state index in [-0.39, 0.29) is 0 Å². The summed E-state index contributed by atoms with van der Waals surface area (Å²) in [5.41, 5.74) is 0.371. The summed E-state index contributed by atoms with van der Waals surface area (Å²) >= 11 is 0. The fraction of sp³-hybridized carbons (Fsp3) is 1.00. The Morgan fingerprint density at radius 3 is 2.50 bits per heavy atom. The van der Waals surface area contributed by atoms with Crippen molar-refractivity contribution in [1.82, 2.24) is 15.1 Å². The third kappa shape index (κ3) is 5.68. The molecule has 1 N–H and O–H groups in total. The van der Waals surface area contributed by atoms with Gasteiger partial charge in [-0.1, -0.05) is 27.7 Å². The van der Waals surface area contributed by atoms with Gasteiger partial charge in [0.05, 0.1) is 0 Å². The molecule has 0 bridgehead atoms. The molecule has 1 aliphatic heterocycles. The van der Waals surface area contributed by atoms with Crippen LogP contribution in [0.25, 0.3) is 0 Å². The van der Waals surface area contributed by atoms with E-state index in [2.05, 4.69) is 56.9 Å². The molecule has 0 saturated carbocycles. The van der Waals surface area contributed by atoms with Crippen LogP contribution < -0.4 is 5.32 Å². The van der Waals surface area contributed by atoms with E-state index in [1.807, 2.05) is 0 Å². The quantitative estimate of drug-likeness (QED) is 0.749. The Hall–Kier alpha value is -0.120. The third-order valence-electron chi connectivity index (χ3n) is 3.79. The summed E-state index contributed by atoms with van der Waals surface area (Å²) in [6.45, 7) is 15.2. The Bertz CT molecular complexity index is 236. The van der Waals surface area contributed by atoms with Crippen molar-refractivity contribution in [3.8, 4) is 0 Å². The van der Waals surface area contributed by atoms with E-state index < -0.39 is 0 Å². The molecule has 1 unspecified atom stereocenters. The molecule has 0 amide bonds. The Balaban J connectivity index is 2.28. The molecule has 1 atom stereocenters. The van der Waals surface area contributed by atoms with E-state index in [0.29, 0.717) is 5.41 Å². The summed E-state index contributed by atoms with van der Waals surface area (Å²) in [6, 6.07) is 0.754. The van der Waals surface area contributed by atoms with Crippen molar-refractivity contribution in [2.24, 2.45) is 11.3 Å². The topological polar surface area (TPSA) is 18.5 Å². The lowest BCUT2D eigenvalue weighted by atomic mass is 9.92. The Kier molecular flexibility index (Phi) is 6.09. The zero-order chi connectivity index (χ0) is 13.8. The van der Waals surface area contributed by atoms with Gasteiger partial charge in [-0.3, -0.25) is 0 Å². The van der Waals surface area contributed by atoms with Crippen molar-refractivity contribution in [3.05, 3.63) is 0 Å². The van der Waals surface area contributed by atoms with Gasteiger partial charge in [0.2, 0.25) is 0 Å². The first-order valence-corrected chi connectivity index (χ1v) is 7.39. The van der Waals surface area contributed by atoms with Gasteiger partial charge >= 0.3 is 0 Å². The summed E-state index contributed by atoms with van der Waals surface area (Å²) in [5.74, 6) is 0.741. The minimum absolute atomic E-state index is 0.371. The monoisotopic (exact) mass is 255 g/mol. The number of nitrogens with one attached hydrogen (secondary N) is 1. The van der Waals surface area contributed by atoms with Gasteiger partial charge in [0.25, 0.3) is 0 Å². The zero-order valence-corrected chi connectivity index (χ0v) is 13.3. The van der Waals surface area contributed by atoms with Crippen LogP contribution in [0.4, 0.5) is 0 Å². The molecule has 0 aliphatic carbocycles. The molecule has 1 saturated heterocycles. The zero-order valence-electron chi connectivity index (χ0n) is 13.3. The summed E-state index contributed by atoms with van der Waals surface area (Å²) in [4.78, 5) is 4.99. The van der Waals surface area contributed by atoms with Crippen LogP contribution in [-0.4, -0.2) is 62.7 Å². The fourth-order valence-corrected chi connectivity index (χ4v) is 2.74. The van der Waals surface area contributed by atoms with Crippen LogP contribution in [0.3, 0.4) is 0 Å². The van der Waals surface area contributed by atoms with Gasteiger partial charge in [0.15, 0.2) is 0 Å². The van der Waals surface area contributed by atoms with E-state index in [9.17, 15) is 0 Å². The van der Waals surface area contributed by atoms with E-state index in [1.54, 1.807) is 0 Å². The SMILES string of the molecule is CC(C)CNCC(C)(C)CN1CCC(N(C)C)C1. The summed E-state index contributed by atoms with van der Waals surface area (Å²) in [7, 11) is 4.40. The highest BCUT2D eigenvalue weighted by molar-refractivity contribution is 4.85. The average Bonchev–Trinajstić information content (AvgIpc) is 2.64. The van der Waals surface area contributed by atoms with Crippen molar-refractivity contribution in [2.45, 2.75) is 40.2 Å². The van der Waals surface area contributed by atoms with Crippen molar-refractivity contribution < 1.29 is 0 Å². The number of hydrogen-bond donors (Lipinski definition) is 1. The average molecular weight is 255 g/mol. The molecule has 1 aliphatic rings. The van der Waals surface area contributed by atoms with Crippen LogP contribution in [0.5, 0.6) is 0 Å². The second-order valence-corrected chi connectivity index (χ2v) is 7.33. The lowest BCUT2D eigenvalue weighted by Gasteiger charge is -2.31. The first-order chi connectivity index (χ1) is 8.30. The number of nitrogens with zero attached hydrogens (tertiary/aromatic N) is 2. The Morgan fingerprint density at radius 1 is 1.33 bits per heavy atom. The predicted molar refractivity (Wildman–Crippen MR) is 80.0 cm³/mol. The minimum atomic E-state index is 0.371. The first kappa shape index (κ1) is 15.9. The van der Waals surface area contributed by atoms with Gasteiger partial charge in [-0.05, 0) is 44.9 Å². The molecule has 1 fully saturated rings. The summed E-state index contributed by atoms with van der Waals surface area (Å²) in [6.07, 6.45) is 1.32. The number of likely N-dealkylation sites (tertiary alicyclic amines) is 1. The maximum atomic E-state index is 3.60. The van der Waals surface area contributed by atoms with Gasteiger partial charge < -0.3 is 15.1 Å². The summed E-state index contributed by atoms with van der Waals surface area (Å²) in [5, 5.41) is 3.60. The largest absolute Gasteiger partial charge is 0.316 e. The first-order valence-electron chi connectivity index (χ1n) is 7.39. The molecule has 1 rings (SSSR count). The lowest BCUT2D eigenvalue weighted by molar-refractivity contribution is 0.189. The van der Waals surface area contributed by atoms with Crippen molar-refractivity contribution in [1.29, 1.82) is 0 Å². The van der Waals surface area contributed by atoms with E-state index in [1.165, 1.54) is 26.1 Å². The maximum absolute atomic E-state index is 3.60.